The molecule has 1 nitrogen and oxygen atoms in total. The molecule has 106 valence electrons. The van der Waals surface area contributed by atoms with Gasteiger partial charge in [0, 0.05) is 17.9 Å². The Balaban J connectivity index is 2.08. The zero-order valence-electron chi connectivity index (χ0n) is 10.4. The van der Waals surface area contributed by atoms with Gasteiger partial charge in [-0.25, -0.2) is 13.2 Å². The van der Waals surface area contributed by atoms with Crippen molar-refractivity contribution in [3.8, 4) is 0 Å². The van der Waals surface area contributed by atoms with Crippen molar-refractivity contribution in [2.24, 2.45) is 0 Å². The highest BCUT2D eigenvalue weighted by molar-refractivity contribution is 6.31. The van der Waals surface area contributed by atoms with Crippen LogP contribution in [-0.2, 0) is 12.8 Å². The van der Waals surface area contributed by atoms with Crippen LogP contribution in [0.25, 0.3) is 0 Å². The largest absolute Gasteiger partial charge is 0.392 e. The average molecular weight is 301 g/mol. The van der Waals surface area contributed by atoms with Gasteiger partial charge in [0.25, 0.3) is 0 Å². The van der Waals surface area contributed by atoms with Gasteiger partial charge >= 0.3 is 0 Å². The quantitative estimate of drug-likeness (QED) is 0.908. The number of hydrogen-bond acceptors (Lipinski definition) is 1. The van der Waals surface area contributed by atoms with Crippen molar-refractivity contribution >= 4 is 11.6 Å². The summed E-state index contributed by atoms with van der Waals surface area (Å²) in [5.41, 5.74) is 0.646. The van der Waals surface area contributed by atoms with Crippen LogP contribution in [0.5, 0.6) is 0 Å². The second kappa shape index (κ2) is 6.29. The Kier molecular flexibility index (Phi) is 4.68. The molecule has 0 aromatic heterocycles. The standard InChI is InChI=1S/C15H12ClF3O/c16-14-8-12(18)2-1-9(14)6-13(20)7-10-5-11(17)3-4-15(10)19/h1-5,8,13,20H,6-7H2. The molecular weight excluding hydrogens is 289 g/mol. The fourth-order valence-corrected chi connectivity index (χ4v) is 2.21. The van der Waals surface area contributed by atoms with Crippen molar-refractivity contribution < 1.29 is 18.3 Å². The van der Waals surface area contributed by atoms with E-state index in [4.69, 9.17) is 11.6 Å². The maximum atomic E-state index is 13.4. The van der Waals surface area contributed by atoms with Gasteiger partial charge in [0.15, 0.2) is 0 Å². The minimum absolute atomic E-state index is 0.0443. The monoisotopic (exact) mass is 300 g/mol. The van der Waals surface area contributed by atoms with Crippen molar-refractivity contribution in [1.82, 2.24) is 0 Å². The first-order chi connectivity index (χ1) is 9.45. The van der Waals surface area contributed by atoms with E-state index in [1.807, 2.05) is 0 Å². The average Bonchev–Trinajstić information content (AvgIpc) is 2.37. The third-order valence-corrected chi connectivity index (χ3v) is 3.29. The van der Waals surface area contributed by atoms with E-state index in [9.17, 15) is 18.3 Å². The Morgan fingerprint density at radius 2 is 1.50 bits per heavy atom. The molecule has 5 heteroatoms. The highest BCUT2D eigenvalue weighted by Crippen LogP contribution is 2.20. The van der Waals surface area contributed by atoms with Crippen LogP contribution in [0.4, 0.5) is 13.2 Å². The highest BCUT2D eigenvalue weighted by atomic mass is 35.5. The van der Waals surface area contributed by atoms with E-state index in [1.165, 1.54) is 12.1 Å². The van der Waals surface area contributed by atoms with Crippen molar-refractivity contribution in [2.75, 3.05) is 0 Å². The molecule has 0 aliphatic carbocycles. The lowest BCUT2D eigenvalue weighted by Gasteiger charge is -2.12. The van der Waals surface area contributed by atoms with E-state index in [-0.39, 0.29) is 23.4 Å². The molecule has 0 aliphatic rings. The molecule has 2 aromatic carbocycles. The summed E-state index contributed by atoms with van der Waals surface area (Å²) >= 11 is 5.85. The topological polar surface area (TPSA) is 20.2 Å². The zero-order chi connectivity index (χ0) is 14.7. The number of aliphatic hydroxyl groups is 1. The van der Waals surface area contributed by atoms with Crippen LogP contribution in [0, 0.1) is 17.5 Å². The number of benzene rings is 2. The fraction of sp³-hybridized carbons (Fsp3) is 0.200. The summed E-state index contributed by atoms with van der Waals surface area (Å²) in [6.45, 7) is 0. The summed E-state index contributed by atoms with van der Waals surface area (Å²) in [6.07, 6.45) is -0.846. The van der Waals surface area contributed by atoms with Gasteiger partial charge in [0.1, 0.15) is 17.5 Å². The summed E-state index contributed by atoms with van der Waals surface area (Å²) in [5, 5.41) is 10.1. The van der Waals surface area contributed by atoms with Crippen LogP contribution in [0.2, 0.25) is 5.02 Å². The zero-order valence-corrected chi connectivity index (χ0v) is 11.2. The fourth-order valence-electron chi connectivity index (χ4n) is 1.97. The van der Waals surface area contributed by atoms with Gasteiger partial charge in [-0.05, 0) is 41.5 Å². The molecule has 1 unspecified atom stereocenters. The van der Waals surface area contributed by atoms with E-state index in [0.717, 1.165) is 24.3 Å². The third kappa shape index (κ3) is 3.74. The van der Waals surface area contributed by atoms with Crippen molar-refractivity contribution in [1.29, 1.82) is 0 Å². The van der Waals surface area contributed by atoms with Crippen molar-refractivity contribution in [3.05, 3.63) is 70.0 Å². The molecule has 0 bridgehead atoms. The summed E-state index contributed by atoms with van der Waals surface area (Å²) in [5.74, 6) is -1.60. The summed E-state index contributed by atoms with van der Waals surface area (Å²) in [4.78, 5) is 0. The minimum atomic E-state index is -0.936. The normalized spacial score (nSPS) is 12.4. The van der Waals surface area contributed by atoms with Crippen molar-refractivity contribution in [3.63, 3.8) is 0 Å². The van der Waals surface area contributed by atoms with Gasteiger partial charge in [-0.1, -0.05) is 17.7 Å². The molecule has 0 amide bonds. The first-order valence-corrected chi connectivity index (χ1v) is 6.39. The highest BCUT2D eigenvalue weighted by Gasteiger charge is 2.13. The molecule has 1 N–H and O–H groups in total. The Hall–Kier alpha value is -1.52. The van der Waals surface area contributed by atoms with E-state index in [2.05, 4.69) is 0 Å². The lowest BCUT2D eigenvalue weighted by molar-refractivity contribution is 0.174. The Morgan fingerprint density at radius 1 is 0.900 bits per heavy atom. The van der Waals surface area contributed by atoms with Crippen molar-refractivity contribution in [2.45, 2.75) is 18.9 Å². The molecule has 2 rings (SSSR count). The van der Waals surface area contributed by atoms with Gasteiger partial charge in [0.05, 0.1) is 6.10 Å². The third-order valence-electron chi connectivity index (χ3n) is 2.93. The molecule has 0 saturated heterocycles. The first kappa shape index (κ1) is 14.9. The second-order valence-electron chi connectivity index (χ2n) is 4.53. The molecule has 1 atom stereocenters. The smallest absolute Gasteiger partial charge is 0.126 e. The maximum absolute atomic E-state index is 13.4. The second-order valence-corrected chi connectivity index (χ2v) is 4.94. The number of rotatable bonds is 4. The lowest BCUT2D eigenvalue weighted by atomic mass is 10.0. The Bertz CT molecular complexity index is 616. The molecule has 20 heavy (non-hydrogen) atoms. The first-order valence-electron chi connectivity index (χ1n) is 6.01. The Labute approximate surface area is 119 Å². The van der Waals surface area contributed by atoms with E-state index in [1.54, 1.807) is 0 Å². The maximum Gasteiger partial charge on any atom is 0.126 e. The lowest BCUT2D eigenvalue weighted by Crippen LogP contribution is -2.15. The molecular formula is C15H12ClF3O. The molecule has 0 saturated carbocycles. The van der Waals surface area contributed by atoms with Crippen LogP contribution in [0.3, 0.4) is 0 Å². The molecule has 0 fully saturated rings. The van der Waals surface area contributed by atoms with Gasteiger partial charge < -0.3 is 5.11 Å². The molecule has 0 spiro atoms. The summed E-state index contributed by atoms with van der Waals surface area (Å²) in [6, 6.07) is 6.92. The predicted molar refractivity (Wildman–Crippen MR) is 71.2 cm³/mol. The van der Waals surface area contributed by atoms with Crippen LogP contribution in [0.1, 0.15) is 11.1 Å². The van der Waals surface area contributed by atoms with Crippen LogP contribution in [0.15, 0.2) is 36.4 Å². The van der Waals surface area contributed by atoms with E-state index in [0.29, 0.717) is 5.56 Å². The number of aliphatic hydroxyl groups excluding tert-OH is 1. The number of halogens is 4. The van der Waals surface area contributed by atoms with Gasteiger partial charge in [0.2, 0.25) is 0 Å². The van der Waals surface area contributed by atoms with Gasteiger partial charge in [-0.15, -0.1) is 0 Å². The van der Waals surface area contributed by atoms with E-state index < -0.39 is 23.6 Å². The van der Waals surface area contributed by atoms with Crippen LogP contribution >= 0.6 is 11.6 Å². The molecule has 0 heterocycles. The summed E-state index contributed by atoms with van der Waals surface area (Å²) < 4.78 is 39.4. The minimum Gasteiger partial charge on any atom is -0.392 e. The molecule has 0 aliphatic heterocycles. The SMILES string of the molecule is OC(Cc1cc(F)ccc1F)Cc1ccc(F)cc1Cl. The summed E-state index contributed by atoms with van der Waals surface area (Å²) in [7, 11) is 0. The van der Waals surface area contributed by atoms with Gasteiger partial charge in [-0.2, -0.15) is 0 Å². The Morgan fingerprint density at radius 3 is 2.20 bits per heavy atom. The molecule has 0 radical (unpaired) electrons. The molecule has 2 aromatic rings. The van der Waals surface area contributed by atoms with Crippen LogP contribution < -0.4 is 0 Å². The predicted octanol–water partition coefficient (Wildman–Crippen LogP) is 3.90. The van der Waals surface area contributed by atoms with E-state index >= 15 is 0 Å². The number of hydrogen-bond donors (Lipinski definition) is 1. The van der Waals surface area contributed by atoms with Gasteiger partial charge in [-0.3, -0.25) is 0 Å². The van der Waals surface area contributed by atoms with Crippen LogP contribution in [-0.4, -0.2) is 11.2 Å².